The highest BCUT2D eigenvalue weighted by atomic mass is 35.5. The number of ether oxygens (including phenoxy) is 1. The van der Waals surface area contributed by atoms with E-state index in [0.717, 1.165) is 18.4 Å². The first-order valence-corrected chi connectivity index (χ1v) is 6.52. The Balaban J connectivity index is 2.19. The van der Waals surface area contributed by atoms with Crippen LogP contribution in [0.2, 0.25) is 5.02 Å². The number of hydrogen-bond donors (Lipinski definition) is 2. The van der Waals surface area contributed by atoms with E-state index in [0.29, 0.717) is 30.3 Å². The number of para-hydroxylation sites is 1. The first-order chi connectivity index (χ1) is 8.72. The van der Waals surface area contributed by atoms with E-state index >= 15 is 0 Å². The van der Waals surface area contributed by atoms with Gasteiger partial charge in [-0.15, -0.1) is 0 Å². The van der Waals surface area contributed by atoms with Crippen LogP contribution < -0.4 is 15.8 Å². The summed E-state index contributed by atoms with van der Waals surface area (Å²) in [5.74, 6) is 0.458. The van der Waals surface area contributed by atoms with E-state index in [2.05, 4.69) is 5.32 Å². The molecule has 0 bridgehead atoms. The Bertz CT molecular complexity index is 437. The lowest BCUT2D eigenvalue weighted by molar-refractivity contribution is -0.127. The summed E-state index contributed by atoms with van der Waals surface area (Å²) >= 11 is 6.10. The molecular weight excluding hydrogens is 252 g/mol. The molecule has 1 fully saturated rings. The van der Waals surface area contributed by atoms with Crippen LogP contribution >= 0.6 is 11.6 Å². The first-order valence-electron chi connectivity index (χ1n) is 6.14. The molecule has 1 heterocycles. The quantitative estimate of drug-likeness (QED) is 0.879. The molecule has 1 aromatic rings. The van der Waals surface area contributed by atoms with Crippen LogP contribution in [0.4, 0.5) is 0 Å². The molecule has 1 atom stereocenters. The molecule has 0 radical (unpaired) electrons. The minimum absolute atomic E-state index is 0.0737. The normalized spacial score (nSPS) is 20.1. The van der Waals surface area contributed by atoms with Gasteiger partial charge in [0.05, 0.1) is 5.02 Å². The molecule has 1 amide bonds. The Morgan fingerprint density at radius 1 is 1.44 bits per heavy atom. The van der Waals surface area contributed by atoms with Crippen molar-refractivity contribution in [1.29, 1.82) is 0 Å². The predicted molar refractivity (Wildman–Crippen MR) is 70.6 cm³/mol. The van der Waals surface area contributed by atoms with Crippen LogP contribution in [0.1, 0.15) is 24.8 Å². The average molecular weight is 269 g/mol. The number of rotatable bonds is 3. The summed E-state index contributed by atoms with van der Waals surface area (Å²) < 4.78 is 5.78. The van der Waals surface area contributed by atoms with E-state index < -0.39 is 6.10 Å². The number of nitrogens with one attached hydrogen (secondary N) is 1. The third-order valence-corrected chi connectivity index (χ3v) is 3.31. The van der Waals surface area contributed by atoms with E-state index in [1.165, 1.54) is 0 Å². The zero-order valence-electron chi connectivity index (χ0n) is 10.1. The van der Waals surface area contributed by atoms with Crippen molar-refractivity contribution in [3.8, 4) is 5.75 Å². The van der Waals surface area contributed by atoms with E-state index in [1.807, 2.05) is 12.1 Å². The Hall–Kier alpha value is -1.26. The van der Waals surface area contributed by atoms with Crippen molar-refractivity contribution in [2.24, 2.45) is 5.73 Å². The molecule has 5 heteroatoms. The molecule has 0 saturated carbocycles. The highest BCUT2D eigenvalue weighted by Gasteiger charge is 2.24. The van der Waals surface area contributed by atoms with Gasteiger partial charge >= 0.3 is 0 Å². The second kappa shape index (κ2) is 6.07. The number of amides is 1. The van der Waals surface area contributed by atoms with Gasteiger partial charge < -0.3 is 15.8 Å². The third-order valence-electron chi connectivity index (χ3n) is 3.01. The molecule has 0 aromatic heterocycles. The van der Waals surface area contributed by atoms with Gasteiger partial charge in [-0.05, 0) is 25.3 Å². The van der Waals surface area contributed by atoms with Gasteiger partial charge in [-0.25, -0.2) is 0 Å². The van der Waals surface area contributed by atoms with Crippen LogP contribution in [0, 0.1) is 0 Å². The van der Waals surface area contributed by atoms with Crippen LogP contribution in [0.3, 0.4) is 0 Å². The molecule has 3 N–H and O–H groups in total. The summed E-state index contributed by atoms with van der Waals surface area (Å²) in [7, 11) is 0. The van der Waals surface area contributed by atoms with Crippen molar-refractivity contribution in [1.82, 2.24) is 5.32 Å². The van der Waals surface area contributed by atoms with Crippen LogP contribution in [0.15, 0.2) is 18.2 Å². The molecule has 1 unspecified atom stereocenters. The van der Waals surface area contributed by atoms with Gasteiger partial charge in [0.25, 0.3) is 5.91 Å². The fraction of sp³-hybridized carbons (Fsp3) is 0.462. The maximum Gasteiger partial charge on any atom is 0.261 e. The summed E-state index contributed by atoms with van der Waals surface area (Å²) in [4.78, 5) is 11.8. The minimum atomic E-state index is -0.474. The van der Waals surface area contributed by atoms with E-state index in [1.54, 1.807) is 6.07 Å². The SMILES string of the molecule is NCc1cccc(Cl)c1OC1CCCCNC1=O. The second-order valence-corrected chi connectivity index (χ2v) is 4.73. The summed E-state index contributed by atoms with van der Waals surface area (Å²) in [5, 5.41) is 3.33. The molecule has 98 valence electrons. The first kappa shape index (κ1) is 13.2. The van der Waals surface area contributed by atoms with Crippen molar-refractivity contribution < 1.29 is 9.53 Å². The van der Waals surface area contributed by atoms with Crippen LogP contribution in [0.25, 0.3) is 0 Å². The molecule has 1 saturated heterocycles. The standard InChI is InChI=1S/C13H17ClN2O2/c14-10-5-3-4-9(8-15)12(10)18-11-6-1-2-7-16-13(11)17/h3-5,11H,1-2,6-8,15H2,(H,16,17). The lowest BCUT2D eigenvalue weighted by Crippen LogP contribution is -2.36. The Labute approximate surface area is 111 Å². The topological polar surface area (TPSA) is 64.3 Å². The van der Waals surface area contributed by atoms with Crippen molar-refractivity contribution in [3.05, 3.63) is 28.8 Å². The number of carbonyl (C=O) groups is 1. The Morgan fingerprint density at radius 2 is 2.28 bits per heavy atom. The second-order valence-electron chi connectivity index (χ2n) is 4.33. The van der Waals surface area contributed by atoms with Crippen molar-refractivity contribution in [2.75, 3.05) is 6.54 Å². The predicted octanol–water partition coefficient (Wildman–Crippen LogP) is 1.85. The molecule has 1 aliphatic rings. The molecule has 1 aliphatic heterocycles. The third kappa shape index (κ3) is 2.94. The van der Waals surface area contributed by atoms with Crippen LogP contribution in [-0.4, -0.2) is 18.6 Å². The van der Waals surface area contributed by atoms with Crippen molar-refractivity contribution >= 4 is 17.5 Å². The molecule has 0 aliphatic carbocycles. The maximum atomic E-state index is 11.8. The van der Waals surface area contributed by atoms with Gasteiger partial charge in [0.15, 0.2) is 6.10 Å². The van der Waals surface area contributed by atoms with Crippen LogP contribution in [-0.2, 0) is 11.3 Å². The fourth-order valence-electron chi connectivity index (χ4n) is 2.01. The Kier molecular flexibility index (Phi) is 4.44. The monoisotopic (exact) mass is 268 g/mol. The van der Waals surface area contributed by atoms with Gasteiger partial charge in [-0.1, -0.05) is 23.7 Å². The zero-order chi connectivity index (χ0) is 13.0. The summed E-state index contributed by atoms with van der Waals surface area (Å²) in [6, 6.07) is 5.42. The largest absolute Gasteiger partial charge is 0.479 e. The number of hydrogen-bond acceptors (Lipinski definition) is 3. The summed E-state index contributed by atoms with van der Waals surface area (Å²) in [6.07, 6.45) is 2.18. The van der Waals surface area contributed by atoms with Gasteiger partial charge in [0, 0.05) is 18.7 Å². The maximum absolute atomic E-state index is 11.8. The number of nitrogens with two attached hydrogens (primary N) is 1. The van der Waals surface area contributed by atoms with Crippen molar-refractivity contribution in [2.45, 2.75) is 31.9 Å². The number of benzene rings is 1. The smallest absolute Gasteiger partial charge is 0.261 e. The molecule has 0 spiro atoms. The number of halogens is 1. The average Bonchev–Trinajstić information content (AvgIpc) is 2.57. The molecule has 2 rings (SSSR count). The van der Waals surface area contributed by atoms with Gasteiger partial charge in [-0.2, -0.15) is 0 Å². The fourth-order valence-corrected chi connectivity index (χ4v) is 2.25. The van der Waals surface area contributed by atoms with Gasteiger partial charge in [0.1, 0.15) is 5.75 Å². The molecule has 4 nitrogen and oxygen atoms in total. The highest BCUT2D eigenvalue weighted by molar-refractivity contribution is 6.32. The lowest BCUT2D eigenvalue weighted by Gasteiger charge is -2.19. The number of carbonyl (C=O) groups excluding carboxylic acids is 1. The van der Waals surface area contributed by atoms with Crippen LogP contribution in [0.5, 0.6) is 5.75 Å². The minimum Gasteiger partial charge on any atom is -0.479 e. The summed E-state index contributed by atoms with van der Waals surface area (Å²) in [5.41, 5.74) is 6.47. The molecular formula is C13H17ClN2O2. The summed E-state index contributed by atoms with van der Waals surface area (Å²) in [6.45, 7) is 1.05. The van der Waals surface area contributed by atoms with Gasteiger partial charge in [-0.3, -0.25) is 4.79 Å². The van der Waals surface area contributed by atoms with Crippen molar-refractivity contribution in [3.63, 3.8) is 0 Å². The molecule has 18 heavy (non-hydrogen) atoms. The van der Waals surface area contributed by atoms with E-state index in [9.17, 15) is 4.79 Å². The van der Waals surface area contributed by atoms with E-state index in [-0.39, 0.29) is 5.91 Å². The lowest BCUT2D eigenvalue weighted by atomic mass is 10.1. The van der Waals surface area contributed by atoms with E-state index in [4.69, 9.17) is 22.1 Å². The highest BCUT2D eigenvalue weighted by Crippen LogP contribution is 2.30. The molecule has 1 aromatic carbocycles. The zero-order valence-corrected chi connectivity index (χ0v) is 10.9. The van der Waals surface area contributed by atoms with Gasteiger partial charge in [0.2, 0.25) is 0 Å². The Morgan fingerprint density at radius 3 is 3.06 bits per heavy atom.